The fraction of sp³-hybridized carbons (Fsp3) is 0.387. The van der Waals surface area contributed by atoms with Gasteiger partial charge in [-0.25, -0.2) is 9.97 Å². The summed E-state index contributed by atoms with van der Waals surface area (Å²) < 4.78 is 41.8. The number of rotatable bonds is 7. The van der Waals surface area contributed by atoms with Crippen LogP contribution in [0.2, 0.25) is 0 Å². The molecule has 5 N–H and O–H groups in total. The third-order valence-electron chi connectivity index (χ3n) is 6.55. The monoisotopic (exact) mass is 609 g/mol. The van der Waals surface area contributed by atoms with Gasteiger partial charge in [-0.3, -0.25) is 20.1 Å². The topological polar surface area (TPSA) is 136 Å². The molecule has 1 aromatic carbocycles. The number of nitrogens with zero attached hydrogens (tertiary/aromatic N) is 5. The number of hydrogen-bond donors (Lipinski definition) is 4. The number of piperazine rings is 1. The van der Waals surface area contributed by atoms with Crippen LogP contribution in [0.15, 0.2) is 43.0 Å². The van der Waals surface area contributed by atoms with E-state index in [1.54, 1.807) is 0 Å². The molecule has 0 bridgehead atoms. The molecule has 1 saturated heterocycles. The number of likely N-dealkylation sites (N-methyl/N-ethyl adjacent to an activating group) is 1. The second-order valence-corrected chi connectivity index (χ2v) is 10.3. The number of nitrogen functional groups attached to an aromatic ring is 1. The maximum atomic E-state index is 13.9. The Labute approximate surface area is 255 Å². The van der Waals surface area contributed by atoms with E-state index >= 15 is 0 Å². The summed E-state index contributed by atoms with van der Waals surface area (Å²) >= 11 is 0. The molecule has 3 heterocycles. The summed E-state index contributed by atoms with van der Waals surface area (Å²) in [4.78, 5) is 29.2. The highest BCUT2D eigenvalue weighted by Gasteiger charge is 2.34. The van der Waals surface area contributed by atoms with Crippen molar-refractivity contribution < 1.29 is 18.0 Å². The SMILES string of the molecule is CC.CC(C)Nc1ncnc(N)c1C(=N)C#Cc1cncc(C(=O)Nc2ccc(CN3CCN(C)CC3)c(C(F)(F)F)c2)c1. The number of carbonyl (C=O) groups excluding carboxylic acids is 1. The predicted octanol–water partition coefficient (Wildman–Crippen LogP) is 4.74. The van der Waals surface area contributed by atoms with Crippen LogP contribution in [0.5, 0.6) is 0 Å². The molecule has 1 fully saturated rings. The molecule has 4 rings (SSSR count). The van der Waals surface area contributed by atoms with Gasteiger partial charge < -0.3 is 21.3 Å². The van der Waals surface area contributed by atoms with E-state index in [0.29, 0.717) is 24.5 Å². The van der Waals surface area contributed by atoms with Crippen molar-refractivity contribution in [3.8, 4) is 11.8 Å². The van der Waals surface area contributed by atoms with Gasteiger partial charge in [0.25, 0.3) is 5.91 Å². The van der Waals surface area contributed by atoms with Gasteiger partial charge in [-0.05, 0) is 50.6 Å². The Hall–Kier alpha value is -4.54. The summed E-state index contributed by atoms with van der Waals surface area (Å²) in [5.41, 5.74) is 5.86. The van der Waals surface area contributed by atoms with Gasteiger partial charge in [-0.1, -0.05) is 25.8 Å². The number of pyridine rings is 1. The largest absolute Gasteiger partial charge is 0.416 e. The minimum atomic E-state index is -4.58. The Kier molecular flexibility index (Phi) is 11.8. The molecule has 13 heteroatoms. The number of hydrogen-bond acceptors (Lipinski definition) is 9. The van der Waals surface area contributed by atoms with Crippen LogP contribution in [-0.4, -0.2) is 75.6 Å². The quantitative estimate of drug-likeness (QED) is 0.223. The van der Waals surface area contributed by atoms with Crippen LogP contribution in [0.4, 0.5) is 30.5 Å². The molecule has 3 aromatic rings. The Balaban J connectivity index is 0.00000259. The second kappa shape index (κ2) is 15.3. The summed E-state index contributed by atoms with van der Waals surface area (Å²) in [6.07, 6.45) is -0.604. The fourth-order valence-corrected chi connectivity index (χ4v) is 4.36. The first-order chi connectivity index (χ1) is 20.9. The Morgan fingerprint density at radius 3 is 2.48 bits per heavy atom. The van der Waals surface area contributed by atoms with Crippen LogP contribution in [-0.2, 0) is 12.7 Å². The van der Waals surface area contributed by atoms with Gasteiger partial charge in [0.15, 0.2) is 0 Å². The number of carbonyl (C=O) groups is 1. The van der Waals surface area contributed by atoms with Gasteiger partial charge in [0.2, 0.25) is 0 Å². The predicted molar refractivity (Wildman–Crippen MR) is 167 cm³/mol. The first-order valence-corrected chi connectivity index (χ1v) is 14.3. The van der Waals surface area contributed by atoms with Gasteiger partial charge in [0.1, 0.15) is 23.7 Å². The molecular formula is C31H38F3N9O. The van der Waals surface area contributed by atoms with Gasteiger partial charge >= 0.3 is 6.18 Å². The summed E-state index contributed by atoms with van der Waals surface area (Å²) in [5, 5.41) is 14.0. The van der Waals surface area contributed by atoms with Gasteiger partial charge in [-0.15, -0.1) is 0 Å². The molecule has 0 spiro atoms. The van der Waals surface area contributed by atoms with Crippen LogP contribution in [0.3, 0.4) is 0 Å². The maximum absolute atomic E-state index is 13.9. The molecule has 0 atom stereocenters. The minimum Gasteiger partial charge on any atom is -0.383 e. The number of nitrogens with one attached hydrogen (secondary N) is 3. The zero-order valence-corrected chi connectivity index (χ0v) is 25.5. The van der Waals surface area contributed by atoms with E-state index in [2.05, 4.69) is 42.3 Å². The van der Waals surface area contributed by atoms with E-state index < -0.39 is 17.6 Å². The second-order valence-electron chi connectivity index (χ2n) is 10.3. The number of aromatic nitrogens is 3. The highest BCUT2D eigenvalue weighted by molar-refractivity contribution is 6.16. The summed E-state index contributed by atoms with van der Waals surface area (Å²) in [6, 6.07) is 5.29. The van der Waals surface area contributed by atoms with Crippen molar-refractivity contribution in [3.05, 3.63) is 70.8 Å². The van der Waals surface area contributed by atoms with Crippen molar-refractivity contribution in [1.82, 2.24) is 24.8 Å². The summed E-state index contributed by atoms with van der Waals surface area (Å²) in [5.74, 6) is 5.27. The average Bonchev–Trinajstić information content (AvgIpc) is 2.98. The molecule has 1 amide bonds. The average molecular weight is 610 g/mol. The minimum absolute atomic E-state index is 0.0115. The van der Waals surface area contributed by atoms with Crippen LogP contribution in [0.25, 0.3) is 0 Å². The van der Waals surface area contributed by atoms with E-state index in [0.717, 1.165) is 19.2 Å². The number of alkyl halides is 3. The molecule has 44 heavy (non-hydrogen) atoms. The molecular weight excluding hydrogens is 571 g/mol. The molecule has 1 aliphatic heterocycles. The van der Waals surface area contributed by atoms with E-state index in [4.69, 9.17) is 11.1 Å². The van der Waals surface area contributed by atoms with Gasteiger partial charge in [0.05, 0.1) is 16.7 Å². The molecule has 234 valence electrons. The van der Waals surface area contributed by atoms with Crippen molar-refractivity contribution in [2.24, 2.45) is 0 Å². The third kappa shape index (κ3) is 9.23. The number of nitrogens with two attached hydrogens (primary N) is 1. The standard InChI is InChI=1S/C29H32F3N9O.C2H6/c1-18(2)38-27-25(26(34)36-17-37-27)24(33)7-4-19-12-21(15-35-14-19)28(42)39-22-6-5-20(23(13-22)29(30,31)32)16-41-10-8-40(3)9-11-41;1-2/h5-6,12-15,17-18,33H,8-11,16H2,1-3H3,(H,39,42)(H3,34,36,37,38);1-2H3. The zero-order chi connectivity index (χ0) is 32.4. The first-order valence-electron chi connectivity index (χ1n) is 14.3. The molecule has 10 nitrogen and oxygen atoms in total. The summed E-state index contributed by atoms with van der Waals surface area (Å²) in [6.45, 7) is 10.9. The molecule has 0 saturated carbocycles. The smallest absolute Gasteiger partial charge is 0.383 e. The van der Waals surface area contributed by atoms with Crippen LogP contribution in [0, 0.1) is 17.3 Å². The van der Waals surface area contributed by atoms with E-state index in [-0.39, 0.29) is 46.5 Å². The van der Waals surface area contributed by atoms with Crippen LogP contribution >= 0.6 is 0 Å². The lowest BCUT2D eigenvalue weighted by Gasteiger charge is -2.33. The number of amides is 1. The number of benzene rings is 1. The Bertz CT molecular complexity index is 1520. The molecule has 0 radical (unpaired) electrons. The van der Waals surface area contributed by atoms with Crippen LogP contribution < -0.4 is 16.4 Å². The molecule has 1 aliphatic rings. The molecule has 0 aliphatic carbocycles. The number of halogens is 3. The molecule has 2 aromatic heterocycles. The highest BCUT2D eigenvalue weighted by Crippen LogP contribution is 2.34. The van der Waals surface area contributed by atoms with E-state index in [1.807, 2.05) is 39.6 Å². The first kappa shape index (κ1) is 34.0. The Morgan fingerprint density at radius 1 is 1.11 bits per heavy atom. The van der Waals surface area contributed by atoms with Crippen molar-refractivity contribution in [2.75, 3.05) is 49.6 Å². The lowest BCUT2D eigenvalue weighted by atomic mass is 10.0. The van der Waals surface area contributed by atoms with Crippen LogP contribution in [0.1, 0.15) is 60.3 Å². The van der Waals surface area contributed by atoms with E-state index in [1.165, 1.54) is 36.9 Å². The van der Waals surface area contributed by atoms with Crippen molar-refractivity contribution in [2.45, 2.75) is 46.5 Å². The highest BCUT2D eigenvalue weighted by atomic mass is 19.4. The van der Waals surface area contributed by atoms with Crippen molar-refractivity contribution in [1.29, 1.82) is 5.41 Å². The summed E-state index contributed by atoms with van der Waals surface area (Å²) in [7, 11) is 1.98. The normalized spacial score (nSPS) is 13.8. The lowest BCUT2D eigenvalue weighted by molar-refractivity contribution is -0.138. The fourth-order valence-electron chi connectivity index (χ4n) is 4.36. The maximum Gasteiger partial charge on any atom is 0.416 e. The van der Waals surface area contributed by atoms with Crippen molar-refractivity contribution >= 4 is 28.9 Å². The third-order valence-corrected chi connectivity index (χ3v) is 6.55. The number of anilines is 3. The van der Waals surface area contributed by atoms with Gasteiger partial charge in [0, 0.05) is 62.4 Å². The van der Waals surface area contributed by atoms with Crippen molar-refractivity contribution in [3.63, 3.8) is 0 Å². The zero-order valence-electron chi connectivity index (χ0n) is 25.5. The van der Waals surface area contributed by atoms with E-state index in [9.17, 15) is 18.0 Å². The van der Waals surface area contributed by atoms with Gasteiger partial charge in [-0.2, -0.15) is 13.2 Å². The molecule has 0 unspecified atom stereocenters. The Morgan fingerprint density at radius 2 is 1.82 bits per heavy atom. The lowest BCUT2D eigenvalue weighted by Crippen LogP contribution is -2.44.